The molecule has 0 radical (unpaired) electrons. The number of carbonyl (C=O) groups excluding carboxylic acids is 1. The Morgan fingerprint density at radius 2 is 2.11 bits per heavy atom. The highest BCUT2D eigenvalue weighted by Crippen LogP contribution is 2.10. The molecule has 0 bridgehead atoms. The van der Waals surface area contributed by atoms with Gasteiger partial charge in [0, 0.05) is 38.4 Å². The molecule has 1 amide bonds. The number of anilines is 1. The van der Waals surface area contributed by atoms with E-state index in [-0.39, 0.29) is 5.91 Å². The second kappa shape index (κ2) is 7.33. The number of aryl methyl sites for hydroxylation is 1. The molecule has 1 aromatic heterocycles. The summed E-state index contributed by atoms with van der Waals surface area (Å²) in [5.41, 5.74) is 0. The van der Waals surface area contributed by atoms with Crippen LogP contribution in [0.2, 0.25) is 0 Å². The molecule has 1 aliphatic heterocycles. The lowest BCUT2D eigenvalue weighted by atomic mass is 10.1. The lowest BCUT2D eigenvalue weighted by Gasteiger charge is -2.26. The van der Waals surface area contributed by atoms with Crippen molar-refractivity contribution in [1.82, 2.24) is 15.1 Å². The molecule has 2 rings (SSSR count). The lowest BCUT2D eigenvalue weighted by Crippen LogP contribution is -2.36. The summed E-state index contributed by atoms with van der Waals surface area (Å²) in [7, 11) is 0. The zero-order valence-corrected chi connectivity index (χ0v) is 11.7. The number of nitrogens with zero attached hydrogens (tertiary/aromatic N) is 3. The molecule has 1 fully saturated rings. The lowest BCUT2D eigenvalue weighted by molar-refractivity contribution is -0.131. The molecular formula is C12H19ClN4O2. The predicted octanol–water partition coefficient (Wildman–Crippen LogP) is 1.67. The fraction of sp³-hybridized carbons (Fsp3) is 0.750. The van der Waals surface area contributed by atoms with Gasteiger partial charge in [-0.2, -0.15) is 0 Å². The first-order valence-electron chi connectivity index (χ1n) is 6.69. The summed E-state index contributed by atoms with van der Waals surface area (Å²) in [5.74, 6) is 1.15. The number of hydrogen-bond acceptors (Lipinski definition) is 5. The summed E-state index contributed by atoms with van der Waals surface area (Å²) in [6.45, 7) is 2.29. The quantitative estimate of drug-likeness (QED) is 0.806. The number of aromatic nitrogens is 2. The predicted molar refractivity (Wildman–Crippen MR) is 72.3 cm³/mol. The fourth-order valence-corrected chi connectivity index (χ4v) is 2.25. The maximum Gasteiger partial charge on any atom is 0.315 e. The van der Waals surface area contributed by atoms with Gasteiger partial charge in [0.25, 0.3) is 0 Å². The van der Waals surface area contributed by atoms with Crippen molar-refractivity contribution in [3.8, 4) is 0 Å². The number of rotatable bonds is 6. The summed E-state index contributed by atoms with van der Waals surface area (Å²) in [4.78, 5) is 13.8. The standard InChI is InChI=1S/C12H19ClN4O2/c13-6-4-10-15-16-12(19-10)14-7-5-11(18)17-8-2-1-3-9-17/h1-9H2,(H,14,16). The fourth-order valence-electron chi connectivity index (χ4n) is 2.08. The third kappa shape index (κ3) is 4.38. The maximum atomic E-state index is 11.9. The van der Waals surface area contributed by atoms with Crippen LogP contribution in [0.25, 0.3) is 0 Å². The molecular weight excluding hydrogens is 268 g/mol. The van der Waals surface area contributed by atoms with Crippen LogP contribution in [0.1, 0.15) is 31.6 Å². The first-order valence-corrected chi connectivity index (χ1v) is 7.23. The molecule has 2 heterocycles. The van der Waals surface area contributed by atoms with Gasteiger partial charge in [0.2, 0.25) is 11.8 Å². The maximum absolute atomic E-state index is 11.9. The molecule has 0 atom stereocenters. The third-order valence-electron chi connectivity index (χ3n) is 3.10. The average Bonchev–Trinajstić information content (AvgIpc) is 2.88. The number of amides is 1. The number of halogens is 1. The summed E-state index contributed by atoms with van der Waals surface area (Å²) < 4.78 is 5.31. The molecule has 106 valence electrons. The molecule has 19 heavy (non-hydrogen) atoms. The van der Waals surface area contributed by atoms with Crippen LogP contribution in [0.3, 0.4) is 0 Å². The summed E-state index contributed by atoms with van der Waals surface area (Å²) in [6, 6.07) is 0.353. The zero-order valence-electron chi connectivity index (χ0n) is 10.9. The number of alkyl halides is 1. The van der Waals surface area contributed by atoms with Crippen molar-refractivity contribution in [2.75, 3.05) is 30.8 Å². The number of piperidine rings is 1. The molecule has 7 heteroatoms. The van der Waals surface area contributed by atoms with E-state index in [1.165, 1.54) is 6.42 Å². The second-order valence-corrected chi connectivity index (χ2v) is 4.94. The summed E-state index contributed by atoms with van der Waals surface area (Å²) >= 11 is 5.58. The molecule has 1 aliphatic rings. The van der Waals surface area contributed by atoms with Crippen LogP contribution in [0.4, 0.5) is 6.01 Å². The van der Waals surface area contributed by atoms with E-state index in [0.29, 0.717) is 37.2 Å². The van der Waals surface area contributed by atoms with Crippen LogP contribution in [0.5, 0.6) is 0 Å². The van der Waals surface area contributed by atoms with Gasteiger partial charge in [-0.15, -0.1) is 16.7 Å². The van der Waals surface area contributed by atoms with Gasteiger partial charge < -0.3 is 14.6 Å². The molecule has 0 spiro atoms. The largest absolute Gasteiger partial charge is 0.408 e. The van der Waals surface area contributed by atoms with E-state index in [1.54, 1.807) is 0 Å². The Balaban J connectivity index is 1.68. The number of carbonyl (C=O) groups is 1. The second-order valence-electron chi connectivity index (χ2n) is 4.56. The van der Waals surface area contributed by atoms with E-state index in [9.17, 15) is 4.79 Å². The van der Waals surface area contributed by atoms with Crippen molar-refractivity contribution in [3.05, 3.63) is 5.89 Å². The van der Waals surface area contributed by atoms with Gasteiger partial charge in [0.1, 0.15) is 0 Å². The highest BCUT2D eigenvalue weighted by Gasteiger charge is 2.16. The first kappa shape index (κ1) is 14.1. The van der Waals surface area contributed by atoms with E-state index in [4.69, 9.17) is 16.0 Å². The Bertz CT molecular complexity index is 404. The van der Waals surface area contributed by atoms with E-state index in [1.807, 2.05) is 4.90 Å². The van der Waals surface area contributed by atoms with Crippen LogP contribution in [0.15, 0.2) is 4.42 Å². The molecule has 1 N–H and O–H groups in total. The van der Waals surface area contributed by atoms with Gasteiger partial charge >= 0.3 is 6.01 Å². The van der Waals surface area contributed by atoms with Gasteiger partial charge in [-0.3, -0.25) is 4.79 Å². The molecule has 1 saturated heterocycles. The van der Waals surface area contributed by atoms with E-state index < -0.39 is 0 Å². The Labute approximate surface area is 117 Å². The Hall–Kier alpha value is -1.30. The Morgan fingerprint density at radius 3 is 2.84 bits per heavy atom. The highest BCUT2D eigenvalue weighted by atomic mass is 35.5. The summed E-state index contributed by atoms with van der Waals surface area (Å²) in [6.07, 6.45) is 4.47. The normalized spacial score (nSPS) is 15.5. The molecule has 0 unspecified atom stereocenters. The Kier molecular flexibility index (Phi) is 5.44. The minimum absolute atomic E-state index is 0.188. The summed E-state index contributed by atoms with van der Waals surface area (Å²) in [5, 5.41) is 10.6. The van der Waals surface area contributed by atoms with Gasteiger partial charge in [-0.1, -0.05) is 5.10 Å². The van der Waals surface area contributed by atoms with Gasteiger partial charge in [0.15, 0.2) is 0 Å². The minimum Gasteiger partial charge on any atom is -0.408 e. The van der Waals surface area contributed by atoms with Crippen LogP contribution < -0.4 is 5.32 Å². The third-order valence-corrected chi connectivity index (χ3v) is 3.29. The topological polar surface area (TPSA) is 71.3 Å². The molecule has 0 aliphatic carbocycles. The molecule has 6 nitrogen and oxygen atoms in total. The van der Waals surface area contributed by atoms with Crippen LogP contribution in [0, 0.1) is 0 Å². The van der Waals surface area contributed by atoms with Crippen LogP contribution in [-0.4, -0.2) is 46.5 Å². The first-order chi connectivity index (χ1) is 9.29. The number of nitrogens with one attached hydrogen (secondary N) is 1. The van der Waals surface area contributed by atoms with Gasteiger partial charge in [0.05, 0.1) is 0 Å². The number of likely N-dealkylation sites (tertiary alicyclic amines) is 1. The van der Waals surface area contributed by atoms with Crippen molar-refractivity contribution in [1.29, 1.82) is 0 Å². The van der Waals surface area contributed by atoms with E-state index >= 15 is 0 Å². The van der Waals surface area contributed by atoms with Crippen LogP contribution >= 0.6 is 11.6 Å². The van der Waals surface area contributed by atoms with Crippen molar-refractivity contribution in [2.45, 2.75) is 32.1 Å². The zero-order chi connectivity index (χ0) is 13.5. The van der Waals surface area contributed by atoms with Crippen molar-refractivity contribution in [2.24, 2.45) is 0 Å². The smallest absolute Gasteiger partial charge is 0.315 e. The van der Waals surface area contributed by atoms with Crippen molar-refractivity contribution >= 4 is 23.5 Å². The monoisotopic (exact) mass is 286 g/mol. The minimum atomic E-state index is 0.188. The van der Waals surface area contributed by atoms with E-state index in [2.05, 4.69) is 15.5 Å². The van der Waals surface area contributed by atoms with Crippen molar-refractivity contribution in [3.63, 3.8) is 0 Å². The highest BCUT2D eigenvalue weighted by molar-refractivity contribution is 6.17. The average molecular weight is 287 g/mol. The van der Waals surface area contributed by atoms with Crippen LogP contribution in [-0.2, 0) is 11.2 Å². The molecule has 0 saturated carbocycles. The molecule has 0 aromatic carbocycles. The van der Waals surface area contributed by atoms with Crippen molar-refractivity contribution < 1.29 is 9.21 Å². The SMILES string of the molecule is O=C(CCNc1nnc(CCCl)o1)N1CCCCC1. The molecule has 1 aromatic rings. The number of hydrogen-bond donors (Lipinski definition) is 1. The van der Waals surface area contributed by atoms with E-state index in [0.717, 1.165) is 25.9 Å². The van der Waals surface area contributed by atoms with Gasteiger partial charge in [-0.05, 0) is 19.3 Å². The Morgan fingerprint density at radius 1 is 1.32 bits per heavy atom. The van der Waals surface area contributed by atoms with Gasteiger partial charge in [-0.25, -0.2) is 0 Å².